The van der Waals surface area contributed by atoms with E-state index in [1.165, 1.54) is 7.11 Å². The van der Waals surface area contributed by atoms with Crippen molar-refractivity contribution in [3.05, 3.63) is 47.3 Å². The smallest absolute Gasteiger partial charge is 0.339 e. The van der Waals surface area contributed by atoms with Crippen molar-refractivity contribution in [3.63, 3.8) is 0 Å². The second-order valence-electron chi connectivity index (χ2n) is 4.33. The summed E-state index contributed by atoms with van der Waals surface area (Å²) in [6.45, 7) is 3.99. The number of rotatable bonds is 3. The van der Waals surface area contributed by atoms with Gasteiger partial charge < -0.3 is 14.0 Å². The van der Waals surface area contributed by atoms with Crippen LogP contribution in [0.2, 0.25) is 0 Å². The lowest BCUT2D eigenvalue weighted by molar-refractivity contribution is 0.0600. The molecule has 19 heavy (non-hydrogen) atoms. The maximum absolute atomic E-state index is 11.9. The number of esters is 1. The Bertz CT molecular complexity index is 594. The van der Waals surface area contributed by atoms with Crippen molar-refractivity contribution < 1.29 is 14.3 Å². The molecule has 0 saturated heterocycles. The summed E-state index contributed by atoms with van der Waals surface area (Å²) in [6, 6.07) is 9.33. The standard InChI is InChI=1S/C15H17NO3/c1-10-5-6-11(2)16(10)14-9-12(18-3)7-8-13(14)15(17)19-4/h5-9H,1-4H3. The van der Waals surface area contributed by atoms with Gasteiger partial charge in [0.05, 0.1) is 25.5 Å². The Hall–Kier alpha value is -2.23. The lowest BCUT2D eigenvalue weighted by Crippen LogP contribution is -2.10. The molecule has 0 aliphatic carbocycles. The van der Waals surface area contributed by atoms with E-state index in [4.69, 9.17) is 9.47 Å². The van der Waals surface area contributed by atoms with E-state index >= 15 is 0 Å². The van der Waals surface area contributed by atoms with Crippen LogP contribution in [0.3, 0.4) is 0 Å². The van der Waals surface area contributed by atoms with Crippen molar-refractivity contribution in [2.45, 2.75) is 13.8 Å². The van der Waals surface area contributed by atoms with Crippen LogP contribution in [0.4, 0.5) is 0 Å². The number of carbonyl (C=O) groups is 1. The molecule has 0 spiro atoms. The molecule has 0 unspecified atom stereocenters. The van der Waals surface area contributed by atoms with Crippen LogP contribution < -0.4 is 4.74 Å². The predicted octanol–water partition coefficient (Wildman–Crippen LogP) is 2.89. The molecular formula is C15H17NO3. The molecule has 0 amide bonds. The van der Waals surface area contributed by atoms with Gasteiger partial charge in [0, 0.05) is 17.5 Å². The topological polar surface area (TPSA) is 40.5 Å². The first kappa shape index (κ1) is 13.2. The van der Waals surface area contributed by atoms with Crippen LogP contribution >= 0.6 is 0 Å². The third kappa shape index (κ3) is 2.34. The summed E-state index contributed by atoms with van der Waals surface area (Å²) in [5, 5.41) is 0. The van der Waals surface area contributed by atoms with Gasteiger partial charge in [-0.1, -0.05) is 0 Å². The first-order chi connectivity index (χ1) is 9.08. The highest BCUT2D eigenvalue weighted by Gasteiger charge is 2.16. The zero-order valence-corrected chi connectivity index (χ0v) is 11.6. The van der Waals surface area contributed by atoms with E-state index in [2.05, 4.69) is 0 Å². The monoisotopic (exact) mass is 259 g/mol. The minimum absolute atomic E-state index is 0.356. The Kier molecular flexibility index (Phi) is 3.60. The SMILES string of the molecule is COC(=O)c1ccc(OC)cc1-n1c(C)ccc1C. The second kappa shape index (κ2) is 5.18. The van der Waals surface area contributed by atoms with Gasteiger partial charge in [-0.2, -0.15) is 0 Å². The maximum atomic E-state index is 11.9. The number of methoxy groups -OCH3 is 2. The Morgan fingerprint density at radius 3 is 2.21 bits per heavy atom. The number of hydrogen-bond acceptors (Lipinski definition) is 3. The van der Waals surface area contributed by atoms with Crippen LogP contribution in [-0.4, -0.2) is 24.8 Å². The summed E-state index contributed by atoms with van der Waals surface area (Å²) < 4.78 is 12.1. The molecule has 1 aromatic carbocycles. The van der Waals surface area contributed by atoms with Crippen molar-refractivity contribution in [2.75, 3.05) is 14.2 Å². The first-order valence-electron chi connectivity index (χ1n) is 6.00. The van der Waals surface area contributed by atoms with E-state index in [1.54, 1.807) is 19.2 Å². The predicted molar refractivity (Wildman–Crippen MR) is 73.1 cm³/mol. The lowest BCUT2D eigenvalue weighted by Gasteiger charge is -2.14. The van der Waals surface area contributed by atoms with Gasteiger partial charge in [0.15, 0.2) is 0 Å². The van der Waals surface area contributed by atoms with E-state index in [-0.39, 0.29) is 5.97 Å². The zero-order chi connectivity index (χ0) is 14.0. The Labute approximate surface area is 112 Å². The molecule has 4 nitrogen and oxygen atoms in total. The van der Waals surface area contributed by atoms with Gasteiger partial charge in [-0.25, -0.2) is 4.79 Å². The van der Waals surface area contributed by atoms with Gasteiger partial charge in [-0.3, -0.25) is 0 Å². The minimum atomic E-state index is -0.356. The van der Waals surface area contributed by atoms with Crippen molar-refractivity contribution in [1.82, 2.24) is 4.57 Å². The number of hydrogen-bond donors (Lipinski definition) is 0. The molecular weight excluding hydrogens is 242 g/mol. The molecule has 0 aliphatic rings. The molecule has 1 aromatic heterocycles. The number of aryl methyl sites for hydroxylation is 2. The molecule has 0 atom stereocenters. The molecule has 0 saturated carbocycles. The second-order valence-corrected chi connectivity index (χ2v) is 4.33. The van der Waals surface area contributed by atoms with E-state index in [1.807, 2.05) is 36.6 Å². The number of ether oxygens (including phenoxy) is 2. The van der Waals surface area contributed by atoms with Crippen LogP contribution in [0.25, 0.3) is 5.69 Å². The average Bonchev–Trinajstić information content (AvgIpc) is 2.76. The Balaban J connectivity index is 2.68. The van der Waals surface area contributed by atoms with Crippen molar-refractivity contribution in [2.24, 2.45) is 0 Å². The summed E-state index contributed by atoms with van der Waals surface area (Å²) in [6.07, 6.45) is 0. The van der Waals surface area contributed by atoms with E-state index in [0.29, 0.717) is 11.3 Å². The van der Waals surface area contributed by atoms with Crippen LogP contribution in [-0.2, 0) is 4.74 Å². The van der Waals surface area contributed by atoms with Gasteiger partial charge in [-0.05, 0) is 38.1 Å². The third-order valence-corrected chi connectivity index (χ3v) is 3.12. The molecule has 0 radical (unpaired) electrons. The van der Waals surface area contributed by atoms with Crippen molar-refractivity contribution in [3.8, 4) is 11.4 Å². The largest absolute Gasteiger partial charge is 0.497 e. The first-order valence-corrected chi connectivity index (χ1v) is 6.00. The molecule has 4 heteroatoms. The quantitative estimate of drug-likeness (QED) is 0.796. The average molecular weight is 259 g/mol. The van der Waals surface area contributed by atoms with Gasteiger partial charge in [0.2, 0.25) is 0 Å². The fourth-order valence-electron chi connectivity index (χ4n) is 2.15. The number of nitrogens with zero attached hydrogens (tertiary/aromatic N) is 1. The fraction of sp³-hybridized carbons (Fsp3) is 0.267. The molecule has 2 aromatic rings. The van der Waals surface area contributed by atoms with Crippen molar-refractivity contribution in [1.29, 1.82) is 0 Å². The number of carbonyl (C=O) groups excluding carboxylic acids is 1. The summed E-state index contributed by atoms with van der Waals surface area (Å²) in [7, 11) is 2.98. The Morgan fingerprint density at radius 1 is 1.05 bits per heavy atom. The Morgan fingerprint density at radius 2 is 1.68 bits per heavy atom. The lowest BCUT2D eigenvalue weighted by atomic mass is 10.1. The molecule has 0 N–H and O–H groups in total. The third-order valence-electron chi connectivity index (χ3n) is 3.12. The normalized spacial score (nSPS) is 10.3. The van der Waals surface area contributed by atoms with Gasteiger partial charge >= 0.3 is 5.97 Å². The molecule has 0 fully saturated rings. The summed E-state index contributed by atoms with van der Waals surface area (Å²) in [5.74, 6) is 0.348. The fourth-order valence-corrected chi connectivity index (χ4v) is 2.15. The van der Waals surface area contributed by atoms with Crippen LogP contribution in [0.1, 0.15) is 21.7 Å². The highest BCUT2D eigenvalue weighted by atomic mass is 16.5. The van der Waals surface area contributed by atoms with E-state index in [0.717, 1.165) is 17.1 Å². The van der Waals surface area contributed by atoms with Crippen molar-refractivity contribution >= 4 is 5.97 Å². The van der Waals surface area contributed by atoms with Crippen LogP contribution in [0.15, 0.2) is 30.3 Å². The highest BCUT2D eigenvalue weighted by Crippen LogP contribution is 2.25. The van der Waals surface area contributed by atoms with Gasteiger partial charge in [0.25, 0.3) is 0 Å². The molecule has 2 rings (SSSR count). The van der Waals surface area contributed by atoms with Crippen LogP contribution in [0, 0.1) is 13.8 Å². The van der Waals surface area contributed by atoms with E-state index < -0.39 is 0 Å². The molecule has 1 heterocycles. The molecule has 100 valence electrons. The number of benzene rings is 1. The zero-order valence-electron chi connectivity index (χ0n) is 11.6. The minimum Gasteiger partial charge on any atom is -0.497 e. The summed E-state index contributed by atoms with van der Waals surface area (Å²) >= 11 is 0. The van der Waals surface area contributed by atoms with Crippen LogP contribution in [0.5, 0.6) is 5.75 Å². The molecule has 0 bridgehead atoms. The van der Waals surface area contributed by atoms with E-state index in [9.17, 15) is 4.79 Å². The summed E-state index contributed by atoms with van der Waals surface area (Å²) in [4.78, 5) is 11.9. The summed E-state index contributed by atoms with van der Waals surface area (Å²) in [5.41, 5.74) is 3.39. The highest BCUT2D eigenvalue weighted by molar-refractivity contribution is 5.93. The molecule has 0 aliphatic heterocycles. The van der Waals surface area contributed by atoms with Gasteiger partial charge in [-0.15, -0.1) is 0 Å². The van der Waals surface area contributed by atoms with Gasteiger partial charge in [0.1, 0.15) is 5.75 Å². The number of aromatic nitrogens is 1. The maximum Gasteiger partial charge on any atom is 0.339 e.